The summed E-state index contributed by atoms with van der Waals surface area (Å²) in [5.41, 5.74) is 0.514. The minimum atomic E-state index is 0.514. The van der Waals surface area contributed by atoms with Crippen molar-refractivity contribution in [1.82, 2.24) is 0 Å². The third-order valence-electron chi connectivity index (χ3n) is 2.77. The van der Waals surface area contributed by atoms with Crippen LogP contribution in [0, 0.1) is 24.2 Å². The normalized spacial score (nSPS) is 15.2. The molecule has 0 rings (SSSR count). The van der Waals surface area contributed by atoms with Crippen molar-refractivity contribution in [3.8, 4) is 0 Å². The van der Waals surface area contributed by atoms with Gasteiger partial charge in [0.25, 0.3) is 0 Å². The average Bonchev–Trinajstić information content (AvgIpc) is 1.85. The van der Waals surface area contributed by atoms with Gasteiger partial charge in [0, 0.05) is 0 Å². The quantitative estimate of drug-likeness (QED) is 0.575. The van der Waals surface area contributed by atoms with Gasteiger partial charge in [-0.3, -0.25) is 0 Å². The summed E-state index contributed by atoms with van der Waals surface area (Å²) >= 11 is 0. The van der Waals surface area contributed by atoms with Crippen molar-refractivity contribution in [2.75, 3.05) is 0 Å². The second-order valence-electron chi connectivity index (χ2n) is 5.07. The van der Waals surface area contributed by atoms with Gasteiger partial charge in [0.05, 0.1) is 0 Å². The molecule has 73 valence electrons. The molecule has 0 nitrogen and oxygen atoms in total. The molecule has 2 unspecified atom stereocenters. The van der Waals surface area contributed by atoms with Crippen LogP contribution in [-0.2, 0) is 0 Å². The highest BCUT2D eigenvalue weighted by Gasteiger charge is 2.21. The average molecular weight is 169 g/mol. The SMILES string of the molecule is [CH2]C(C)C(C)CC(C)(C)CCC. The lowest BCUT2D eigenvalue weighted by atomic mass is 9.77. The molecule has 0 N–H and O–H groups in total. The van der Waals surface area contributed by atoms with Crippen LogP contribution in [0.5, 0.6) is 0 Å². The Morgan fingerprint density at radius 1 is 1.25 bits per heavy atom. The molecule has 0 aliphatic heterocycles. The van der Waals surface area contributed by atoms with Gasteiger partial charge in [-0.15, -0.1) is 0 Å². The van der Waals surface area contributed by atoms with Gasteiger partial charge in [-0.2, -0.15) is 0 Å². The van der Waals surface area contributed by atoms with Gasteiger partial charge >= 0.3 is 0 Å². The van der Waals surface area contributed by atoms with E-state index in [1.807, 2.05) is 0 Å². The van der Waals surface area contributed by atoms with E-state index in [-0.39, 0.29) is 0 Å². The lowest BCUT2D eigenvalue weighted by molar-refractivity contribution is 0.230. The van der Waals surface area contributed by atoms with E-state index in [0.717, 1.165) is 5.92 Å². The highest BCUT2D eigenvalue weighted by atomic mass is 14.3. The summed E-state index contributed by atoms with van der Waals surface area (Å²) in [5, 5.41) is 0. The van der Waals surface area contributed by atoms with E-state index < -0.39 is 0 Å². The molecule has 12 heavy (non-hydrogen) atoms. The van der Waals surface area contributed by atoms with Gasteiger partial charge in [-0.05, 0) is 30.1 Å². The first-order valence-electron chi connectivity index (χ1n) is 5.22. The molecular formula is C12H25. The minimum absolute atomic E-state index is 0.514. The molecule has 2 atom stereocenters. The first-order valence-corrected chi connectivity index (χ1v) is 5.22. The molecule has 0 fully saturated rings. The number of hydrogen-bond donors (Lipinski definition) is 0. The Balaban J connectivity index is 3.87. The fourth-order valence-corrected chi connectivity index (χ4v) is 1.85. The minimum Gasteiger partial charge on any atom is -0.0654 e. The summed E-state index contributed by atoms with van der Waals surface area (Å²) in [6, 6.07) is 0. The van der Waals surface area contributed by atoms with Crippen LogP contribution >= 0.6 is 0 Å². The summed E-state index contributed by atoms with van der Waals surface area (Å²) in [6.07, 6.45) is 3.95. The molecule has 0 aromatic heterocycles. The third-order valence-corrected chi connectivity index (χ3v) is 2.77. The fraction of sp³-hybridized carbons (Fsp3) is 0.917. The first kappa shape index (κ1) is 12.0. The molecule has 0 aliphatic carbocycles. The molecular weight excluding hydrogens is 144 g/mol. The zero-order valence-electron chi connectivity index (χ0n) is 9.48. The van der Waals surface area contributed by atoms with Crippen molar-refractivity contribution in [3.05, 3.63) is 6.92 Å². The second kappa shape index (κ2) is 4.89. The molecule has 0 amide bonds. The van der Waals surface area contributed by atoms with Crippen molar-refractivity contribution in [1.29, 1.82) is 0 Å². The maximum atomic E-state index is 4.08. The van der Waals surface area contributed by atoms with E-state index in [0.29, 0.717) is 11.3 Å². The van der Waals surface area contributed by atoms with Crippen LogP contribution in [0.25, 0.3) is 0 Å². The third kappa shape index (κ3) is 4.79. The standard InChI is InChI=1S/C12H25/c1-7-8-12(5,6)9-11(4)10(2)3/h10-11H,2,7-9H2,1,3-6H3. The summed E-state index contributed by atoms with van der Waals surface area (Å²) < 4.78 is 0. The predicted octanol–water partition coefficient (Wildman–Crippen LogP) is 4.31. The highest BCUT2D eigenvalue weighted by molar-refractivity contribution is 4.74. The van der Waals surface area contributed by atoms with Crippen molar-refractivity contribution >= 4 is 0 Å². The van der Waals surface area contributed by atoms with Gasteiger partial charge < -0.3 is 0 Å². The summed E-state index contributed by atoms with van der Waals surface area (Å²) in [6.45, 7) is 15.6. The van der Waals surface area contributed by atoms with Crippen LogP contribution in [0.4, 0.5) is 0 Å². The lowest BCUT2D eigenvalue weighted by Crippen LogP contribution is -2.18. The van der Waals surface area contributed by atoms with E-state index in [2.05, 4.69) is 41.5 Å². The van der Waals surface area contributed by atoms with Gasteiger partial charge in [-0.25, -0.2) is 0 Å². The van der Waals surface area contributed by atoms with Crippen LogP contribution in [0.1, 0.15) is 53.9 Å². The Kier molecular flexibility index (Phi) is 4.89. The van der Waals surface area contributed by atoms with Crippen molar-refractivity contribution in [3.63, 3.8) is 0 Å². The van der Waals surface area contributed by atoms with E-state index in [1.54, 1.807) is 0 Å². The zero-order chi connectivity index (χ0) is 9.78. The van der Waals surface area contributed by atoms with Crippen LogP contribution in [0.2, 0.25) is 0 Å². The Hall–Kier alpha value is 0. The van der Waals surface area contributed by atoms with Crippen molar-refractivity contribution in [2.24, 2.45) is 17.3 Å². The van der Waals surface area contributed by atoms with E-state index >= 15 is 0 Å². The molecule has 0 heterocycles. The molecule has 0 heteroatoms. The molecule has 0 spiro atoms. The number of hydrogen-bond acceptors (Lipinski definition) is 0. The van der Waals surface area contributed by atoms with Gasteiger partial charge in [0.15, 0.2) is 0 Å². The van der Waals surface area contributed by atoms with Gasteiger partial charge in [0.2, 0.25) is 0 Å². The van der Waals surface area contributed by atoms with Crippen molar-refractivity contribution < 1.29 is 0 Å². The van der Waals surface area contributed by atoms with Crippen LogP contribution in [0.3, 0.4) is 0 Å². The van der Waals surface area contributed by atoms with E-state index in [4.69, 9.17) is 0 Å². The molecule has 0 aliphatic rings. The van der Waals surface area contributed by atoms with Crippen LogP contribution in [0.15, 0.2) is 0 Å². The molecule has 0 saturated heterocycles. The van der Waals surface area contributed by atoms with E-state index in [9.17, 15) is 0 Å². The Labute approximate surface area is 78.8 Å². The maximum Gasteiger partial charge on any atom is -0.0352 e. The Morgan fingerprint density at radius 2 is 1.75 bits per heavy atom. The Bertz CT molecular complexity index is 111. The van der Waals surface area contributed by atoms with Crippen LogP contribution < -0.4 is 0 Å². The van der Waals surface area contributed by atoms with E-state index in [1.165, 1.54) is 19.3 Å². The topological polar surface area (TPSA) is 0 Å². The molecule has 0 aromatic rings. The van der Waals surface area contributed by atoms with Gasteiger partial charge in [-0.1, -0.05) is 48.0 Å². The molecule has 1 radical (unpaired) electrons. The lowest BCUT2D eigenvalue weighted by Gasteiger charge is -2.29. The maximum absolute atomic E-state index is 4.08. The summed E-state index contributed by atoms with van der Waals surface area (Å²) in [4.78, 5) is 0. The smallest absolute Gasteiger partial charge is 0.0352 e. The molecule has 0 saturated carbocycles. The molecule has 0 bridgehead atoms. The highest BCUT2D eigenvalue weighted by Crippen LogP contribution is 2.32. The largest absolute Gasteiger partial charge is 0.0654 e. The molecule has 0 aromatic carbocycles. The first-order chi connectivity index (χ1) is 5.39. The number of rotatable bonds is 5. The fourth-order valence-electron chi connectivity index (χ4n) is 1.85. The van der Waals surface area contributed by atoms with Crippen molar-refractivity contribution in [2.45, 2.75) is 53.9 Å². The zero-order valence-corrected chi connectivity index (χ0v) is 9.48. The second-order valence-corrected chi connectivity index (χ2v) is 5.07. The monoisotopic (exact) mass is 169 g/mol. The summed E-state index contributed by atoms with van der Waals surface area (Å²) in [7, 11) is 0. The van der Waals surface area contributed by atoms with Crippen LogP contribution in [-0.4, -0.2) is 0 Å². The van der Waals surface area contributed by atoms with Gasteiger partial charge in [0.1, 0.15) is 0 Å². The summed E-state index contributed by atoms with van der Waals surface area (Å²) in [5.74, 6) is 1.34. The Morgan fingerprint density at radius 3 is 2.08 bits per heavy atom. The predicted molar refractivity (Wildman–Crippen MR) is 57.0 cm³/mol.